The number of carbonyl (C=O) groups excluding carboxylic acids is 2. The average molecular weight is 401 g/mol. The smallest absolute Gasteiger partial charge is 0.275 e. The molecule has 3 aromatic rings. The normalized spacial score (nSPS) is 12.2. The Labute approximate surface area is 167 Å². The maximum absolute atomic E-state index is 12.6. The van der Waals surface area contributed by atoms with E-state index in [2.05, 4.69) is 34.6 Å². The summed E-state index contributed by atoms with van der Waals surface area (Å²) in [5.41, 5.74) is 1.52. The molecule has 8 nitrogen and oxygen atoms in total. The predicted molar refractivity (Wildman–Crippen MR) is 108 cm³/mol. The fraction of sp³-hybridized carbons (Fsp3) is 0.368. The molecule has 2 N–H and O–H groups in total. The molecule has 3 aromatic heterocycles. The summed E-state index contributed by atoms with van der Waals surface area (Å²) >= 11 is 1.37. The number of aryl methyl sites for hydroxylation is 2. The summed E-state index contributed by atoms with van der Waals surface area (Å²) in [6, 6.07) is 3.35. The van der Waals surface area contributed by atoms with Crippen molar-refractivity contribution in [1.29, 1.82) is 0 Å². The Kier molecular flexibility index (Phi) is 5.93. The van der Waals surface area contributed by atoms with Crippen LogP contribution in [0.4, 0.5) is 5.69 Å². The standard InChI is InChI=1S/C19H24N6O2S/c1-12(2)8-14(22-18(27)16-6-5-7-24(16)3)19-23-15(11-28-19)17(26)21-13-9-20-25(4)10-13/h5-7,9-12,14H,8H2,1-4H3,(H,21,26)(H,22,27)/t14-/m1/s1. The molecule has 0 saturated carbocycles. The van der Waals surface area contributed by atoms with Gasteiger partial charge >= 0.3 is 0 Å². The first-order chi connectivity index (χ1) is 13.3. The number of nitrogens with one attached hydrogen (secondary N) is 2. The molecule has 0 aliphatic rings. The minimum Gasteiger partial charge on any atom is -0.347 e. The molecule has 0 unspecified atom stereocenters. The number of nitrogens with zero attached hydrogens (tertiary/aromatic N) is 4. The summed E-state index contributed by atoms with van der Waals surface area (Å²) in [5.74, 6) is -0.0995. The van der Waals surface area contributed by atoms with E-state index in [1.807, 2.05) is 19.3 Å². The number of hydrogen-bond donors (Lipinski definition) is 2. The van der Waals surface area contributed by atoms with Crippen LogP contribution in [0.5, 0.6) is 0 Å². The van der Waals surface area contributed by atoms with E-state index in [1.165, 1.54) is 11.3 Å². The third kappa shape index (κ3) is 4.66. The van der Waals surface area contributed by atoms with Crippen molar-refractivity contribution in [2.45, 2.75) is 26.3 Å². The zero-order valence-electron chi connectivity index (χ0n) is 16.3. The molecular formula is C19H24N6O2S. The van der Waals surface area contributed by atoms with Crippen molar-refractivity contribution in [2.24, 2.45) is 20.0 Å². The summed E-state index contributed by atoms with van der Waals surface area (Å²) in [6.45, 7) is 4.18. The van der Waals surface area contributed by atoms with Crippen LogP contribution in [-0.4, -0.2) is 31.1 Å². The minimum absolute atomic E-state index is 0.158. The van der Waals surface area contributed by atoms with Crippen molar-refractivity contribution in [1.82, 2.24) is 24.6 Å². The number of anilines is 1. The first-order valence-electron chi connectivity index (χ1n) is 9.01. The van der Waals surface area contributed by atoms with Crippen molar-refractivity contribution in [3.05, 3.63) is 52.5 Å². The summed E-state index contributed by atoms with van der Waals surface area (Å²) in [6.07, 6.45) is 5.85. The predicted octanol–water partition coefficient (Wildman–Crippen LogP) is 2.98. The Hall–Kier alpha value is -2.94. The van der Waals surface area contributed by atoms with Gasteiger partial charge in [-0.1, -0.05) is 13.8 Å². The van der Waals surface area contributed by atoms with Crippen LogP contribution in [0.15, 0.2) is 36.1 Å². The highest BCUT2D eigenvalue weighted by Gasteiger charge is 2.23. The number of amides is 2. The molecule has 1 atom stereocenters. The van der Waals surface area contributed by atoms with Crippen molar-refractivity contribution in [3.63, 3.8) is 0 Å². The molecule has 3 heterocycles. The Balaban J connectivity index is 1.75. The number of thiazole rings is 1. The van der Waals surface area contributed by atoms with Gasteiger partial charge in [0.1, 0.15) is 16.4 Å². The average Bonchev–Trinajstić information content (AvgIpc) is 3.35. The Morgan fingerprint density at radius 2 is 2.04 bits per heavy atom. The third-order valence-corrected chi connectivity index (χ3v) is 5.16. The third-order valence-electron chi connectivity index (χ3n) is 4.20. The van der Waals surface area contributed by atoms with E-state index in [4.69, 9.17) is 0 Å². The van der Waals surface area contributed by atoms with Crippen LogP contribution in [0.25, 0.3) is 0 Å². The van der Waals surface area contributed by atoms with Gasteiger partial charge in [0.05, 0.1) is 17.9 Å². The topological polar surface area (TPSA) is 93.8 Å². The van der Waals surface area contributed by atoms with Gasteiger partial charge in [0.25, 0.3) is 11.8 Å². The lowest BCUT2D eigenvalue weighted by atomic mass is 10.0. The highest BCUT2D eigenvalue weighted by molar-refractivity contribution is 7.10. The fourth-order valence-corrected chi connectivity index (χ4v) is 3.72. The fourth-order valence-electron chi connectivity index (χ4n) is 2.85. The number of aromatic nitrogens is 4. The molecule has 0 aliphatic carbocycles. The Morgan fingerprint density at radius 1 is 1.25 bits per heavy atom. The van der Waals surface area contributed by atoms with Crippen LogP contribution in [0.1, 0.15) is 52.3 Å². The highest BCUT2D eigenvalue weighted by atomic mass is 32.1. The second-order valence-corrected chi connectivity index (χ2v) is 7.98. The van der Waals surface area contributed by atoms with E-state index >= 15 is 0 Å². The van der Waals surface area contributed by atoms with E-state index in [0.717, 1.165) is 6.42 Å². The summed E-state index contributed by atoms with van der Waals surface area (Å²) < 4.78 is 3.39. The van der Waals surface area contributed by atoms with Crippen LogP contribution >= 0.6 is 11.3 Å². The van der Waals surface area contributed by atoms with Crippen molar-refractivity contribution in [2.75, 3.05) is 5.32 Å². The SMILES string of the molecule is CC(C)C[C@@H](NC(=O)c1cccn1C)c1nc(C(=O)Nc2cnn(C)c2)cs1. The van der Waals surface area contributed by atoms with Gasteiger partial charge in [0.2, 0.25) is 0 Å². The van der Waals surface area contributed by atoms with Crippen LogP contribution < -0.4 is 10.6 Å². The van der Waals surface area contributed by atoms with Crippen LogP contribution in [0.2, 0.25) is 0 Å². The molecule has 9 heteroatoms. The molecule has 28 heavy (non-hydrogen) atoms. The monoisotopic (exact) mass is 400 g/mol. The van der Waals surface area contributed by atoms with E-state index in [-0.39, 0.29) is 17.9 Å². The molecular weight excluding hydrogens is 376 g/mol. The molecule has 0 spiro atoms. The molecule has 0 fully saturated rings. The van der Waals surface area contributed by atoms with Gasteiger partial charge in [-0.05, 0) is 24.5 Å². The minimum atomic E-state index is -0.299. The lowest BCUT2D eigenvalue weighted by Crippen LogP contribution is -2.30. The Morgan fingerprint density at radius 3 is 2.64 bits per heavy atom. The zero-order chi connectivity index (χ0) is 20.3. The van der Waals surface area contributed by atoms with Crippen LogP contribution in [0.3, 0.4) is 0 Å². The molecule has 0 saturated heterocycles. The molecule has 0 aromatic carbocycles. The molecule has 0 bridgehead atoms. The van der Waals surface area contributed by atoms with Gasteiger partial charge < -0.3 is 15.2 Å². The maximum atomic E-state index is 12.6. The van der Waals surface area contributed by atoms with Gasteiger partial charge in [0, 0.05) is 31.9 Å². The Bertz CT molecular complexity index is 971. The quantitative estimate of drug-likeness (QED) is 0.637. The van der Waals surface area contributed by atoms with Gasteiger partial charge in [-0.25, -0.2) is 4.98 Å². The van der Waals surface area contributed by atoms with Crippen molar-refractivity contribution >= 4 is 28.8 Å². The summed E-state index contributed by atoms with van der Waals surface area (Å²) in [5, 5.41) is 12.3. The van der Waals surface area contributed by atoms with Crippen LogP contribution in [-0.2, 0) is 14.1 Å². The number of hydrogen-bond acceptors (Lipinski definition) is 5. The molecule has 148 valence electrons. The summed E-state index contributed by atoms with van der Waals surface area (Å²) in [4.78, 5) is 29.6. The molecule has 3 rings (SSSR count). The van der Waals surface area contributed by atoms with E-state index in [9.17, 15) is 9.59 Å². The molecule has 2 amide bonds. The number of carbonyl (C=O) groups is 2. The molecule has 0 aliphatic heterocycles. The highest BCUT2D eigenvalue weighted by Crippen LogP contribution is 2.25. The zero-order valence-corrected chi connectivity index (χ0v) is 17.2. The second kappa shape index (κ2) is 8.39. The van der Waals surface area contributed by atoms with E-state index in [1.54, 1.807) is 40.1 Å². The van der Waals surface area contributed by atoms with Crippen molar-refractivity contribution < 1.29 is 9.59 Å². The molecule has 0 radical (unpaired) electrons. The van der Waals surface area contributed by atoms with E-state index in [0.29, 0.717) is 28.0 Å². The lowest BCUT2D eigenvalue weighted by Gasteiger charge is -2.18. The van der Waals surface area contributed by atoms with Gasteiger partial charge in [-0.3, -0.25) is 14.3 Å². The largest absolute Gasteiger partial charge is 0.347 e. The van der Waals surface area contributed by atoms with Gasteiger partial charge in [-0.2, -0.15) is 5.10 Å². The summed E-state index contributed by atoms with van der Waals surface area (Å²) in [7, 11) is 3.61. The second-order valence-electron chi connectivity index (χ2n) is 7.09. The van der Waals surface area contributed by atoms with Gasteiger partial charge in [0.15, 0.2) is 0 Å². The van der Waals surface area contributed by atoms with E-state index < -0.39 is 0 Å². The maximum Gasteiger partial charge on any atom is 0.275 e. The lowest BCUT2D eigenvalue weighted by molar-refractivity contribution is 0.0923. The first kappa shape index (κ1) is 19.8. The van der Waals surface area contributed by atoms with Crippen molar-refractivity contribution in [3.8, 4) is 0 Å². The van der Waals surface area contributed by atoms with Crippen LogP contribution in [0, 0.1) is 5.92 Å². The number of rotatable bonds is 7. The van der Waals surface area contributed by atoms with Gasteiger partial charge in [-0.15, -0.1) is 11.3 Å². The first-order valence-corrected chi connectivity index (χ1v) is 9.89.